The van der Waals surface area contributed by atoms with Crippen LogP contribution in [-0.2, 0) is 20.8 Å². The Morgan fingerprint density at radius 2 is 1.96 bits per heavy atom. The highest BCUT2D eigenvalue weighted by Gasteiger charge is 2.51. The number of rotatable bonds is 11. The van der Waals surface area contributed by atoms with E-state index in [0.717, 1.165) is 12.0 Å². The Hall–Kier alpha value is -2.59. The largest absolute Gasteiger partial charge is 0.486 e. The summed E-state index contributed by atoms with van der Waals surface area (Å²) in [5.74, 6) is -0.718. The number of carbonyl (C=O) groups excluding carboxylic acids is 2. The molecule has 28 heavy (non-hydrogen) atoms. The molecule has 1 aliphatic carbocycles. The molecule has 1 radical (unpaired) electrons. The highest BCUT2D eigenvalue weighted by Crippen LogP contribution is 2.41. The molecule has 0 aliphatic heterocycles. The van der Waals surface area contributed by atoms with Crippen LogP contribution in [0.5, 0.6) is 0 Å². The molecule has 0 spiro atoms. The van der Waals surface area contributed by atoms with Crippen LogP contribution in [0.3, 0.4) is 0 Å². The highest BCUT2D eigenvalue weighted by atomic mass is 16.5. The van der Waals surface area contributed by atoms with E-state index in [1.54, 1.807) is 0 Å². The van der Waals surface area contributed by atoms with Gasteiger partial charge in [0, 0.05) is 13.1 Å². The number of aliphatic imine (C=N–C) groups is 1. The average Bonchev–Trinajstić information content (AvgIpc) is 2.63. The summed E-state index contributed by atoms with van der Waals surface area (Å²) in [5, 5.41) is 14.5. The van der Waals surface area contributed by atoms with E-state index < -0.39 is 17.6 Å². The fraction of sp³-hybridized carbons (Fsp3) is 0.500. The SMILES string of the molecule is NC(N)=NCCC[C@H](NC(=O)C1(C(=O)NCc2ccccc2)CCC1)O[B]O. The van der Waals surface area contributed by atoms with Gasteiger partial charge in [-0.05, 0) is 31.2 Å². The summed E-state index contributed by atoms with van der Waals surface area (Å²) in [6.45, 7) is 0.726. The Morgan fingerprint density at radius 1 is 1.25 bits per heavy atom. The normalized spacial score (nSPS) is 15.6. The van der Waals surface area contributed by atoms with Gasteiger partial charge in [0.05, 0.1) is 0 Å². The van der Waals surface area contributed by atoms with Crippen LogP contribution in [0.25, 0.3) is 0 Å². The maximum atomic E-state index is 12.8. The molecule has 10 heteroatoms. The lowest BCUT2D eigenvalue weighted by atomic mass is 9.67. The number of nitrogens with one attached hydrogen (secondary N) is 2. The molecule has 0 unspecified atom stereocenters. The Bertz CT molecular complexity index is 678. The van der Waals surface area contributed by atoms with Gasteiger partial charge in [-0.2, -0.15) is 0 Å². The Kier molecular flexibility index (Phi) is 8.28. The minimum Gasteiger partial charge on any atom is -0.429 e. The molecule has 0 heterocycles. The van der Waals surface area contributed by atoms with Crippen LogP contribution in [0.4, 0.5) is 0 Å². The lowest BCUT2D eigenvalue weighted by molar-refractivity contribution is -0.151. The number of amides is 2. The van der Waals surface area contributed by atoms with E-state index in [9.17, 15) is 9.59 Å². The zero-order chi connectivity index (χ0) is 20.4. The smallest absolute Gasteiger partial charge is 0.429 e. The third kappa shape index (κ3) is 5.96. The third-order valence-corrected chi connectivity index (χ3v) is 4.81. The molecule has 1 aromatic rings. The number of hydrogen-bond donors (Lipinski definition) is 5. The van der Waals surface area contributed by atoms with Gasteiger partial charge in [0.15, 0.2) is 5.96 Å². The maximum absolute atomic E-state index is 12.8. The van der Waals surface area contributed by atoms with E-state index in [1.807, 2.05) is 30.3 Å². The molecule has 7 N–H and O–H groups in total. The second kappa shape index (κ2) is 10.7. The molecule has 0 saturated heterocycles. The van der Waals surface area contributed by atoms with Crippen molar-refractivity contribution in [3.8, 4) is 0 Å². The van der Waals surface area contributed by atoms with Gasteiger partial charge in [0.1, 0.15) is 11.6 Å². The standard InChI is InChI=1S/C18H27BN5O4/c20-17(21)22-11-4-8-14(28-19-27)24-16(26)18(9-5-10-18)15(25)23-12-13-6-2-1-3-7-13/h1-3,6-7,14,27H,4-5,8-12H2,(H,23,25)(H,24,26)(H4,20,21,22)/t14-/m1/s1. The Balaban J connectivity index is 1.91. The fourth-order valence-electron chi connectivity index (χ4n) is 3.05. The zero-order valence-electron chi connectivity index (χ0n) is 15.8. The van der Waals surface area contributed by atoms with Crippen molar-refractivity contribution >= 4 is 25.5 Å². The van der Waals surface area contributed by atoms with Crippen molar-refractivity contribution in [2.45, 2.75) is 44.9 Å². The van der Waals surface area contributed by atoms with Gasteiger partial charge in [-0.1, -0.05) is 36.8 Å². The molecule has 1 aliphatic rings. The molecular weight excluding hydrogens is 361 g/mol. The first-order valence-corrected chi connectivity index (χ1v) is 9.28. The minimum atomic E-state index is -1.11. The Morgan fingerprint density at radius 3 is 2.54 bits per heavy atom. The maximum Gasteiger partial charge on any atom is 0.486 e. The first-order chi connectivity index (χ1) is 13.5. The van der Waals surface area contributed by atoms with E-state index in [-0.39, 0.29) is 11.9 Å². The monoisotopic (exact) mass is 388 g/mol. The summed E-state index contributed by atoms with van der Waals surface area (Å²) in [7, 11) is 0.522. The second-order valence-corrected chi connectivity index (χ2v) is 6.76. The number of carbonyl (C=O) groups is 2. The van der Waals surface area contributed by atoms with Crippen LogP contribution in [0.1, 0.15) is 37.7 Å². The van der Waals surface area contributed by atoms with Crippen LogP contribution >= 0.6 is 0 Å². The molecule has 2 amide bonds. The van der Waals surface area contributed by atoms with Crippen LogP contribution in [0.15, 0.2) is 35.3 Å². The van der Waals surface area contributed by atoms with E-state index in [1.165, 1.54) is 0 Å². The lowest BCUT2D eigenvalue weighted by Crippen LogP contribution is -2.57. The summed E-state index contributed by atoms with van der Waals surface area (Å²) >= 11 is 0. The molecule has 151 valence electrons. The summed E-state index contributed by atoms with van der Waals surface area (Å²) in [5.41, 5.74) is 10.4. The molecule has 1 fully saturated rings. The summed E-state index contributed by atoms with van der Waals surface area (Å²) in [6.07, 6.45) is 1.89. The second-order valence-electron chi connectivity index (χ2n) is 6.76. The number of benzene rings is 1. The van der Waals surface area contributed by atoms with Crippen molar-refractivity contribution in [2.75, 3.05) is 6.54 Å². The van der Waals surface area contributed by atoms with Crippen molar-refractivity contribution in [3.63, 3.8) is 0 Å². The molecule has 0 bridgehead atoms. The van der Waals surface area contributed by atoms with Crippen LogP contribution in [0.2, 0.25) is 0 Å². The lowest BCUT2D eigenvalue weighted by Gasteiger charge is -2.39. The van der Waals surface area contributed by atoms with E-state index >= 15 is 0 Å². The van der Waals surface area contributed by atoms with Gasteiger partial charge in [0.25, 0.3) is 0 Å². The molecular formula is C18H27BN5O4. The van der Waals surface area contributed by atoms with Crippen molar-refractivity contribution in [1.29, 1.82) is 0 Å². The summed E-state index contributed by atoms with van der Waals surface area (Å²) in [6, 6.07) is 9.50. The zero-order valence-corrected chi connectivity index (χ0v) is 15.8. The van der Waals surface area contributed by atoms with Crippen LogP contribution in [0, 0.1) is 5.41 Å². The Labute approximate surface area is 165 Å². The predicted octanol–water partition coefficient (Wildman–Crippen LogP) is -0.488. The first kappa shape index (κ1) is 21.7. The van der Waals surface area contributed by atoms with Crippen molar-refractivity contribution in [1.82, 2.24) is 10.6 Å². The van der Waals surface area contributed by atoms with Crippen molar-refractivity contribution < 1.29 is 19.3 Å². The van der Waals surface area contributed by atoms with E-state index in [0.29, 0.717) is 46.5 Å². The molecule has 2 rings (SSSR count). The third-order valence-electron chi connectivity index (χ3n) is 4.81. The molecule has 0 aromatic heterocycles. The molecule has 1 saturated carbocycles. The molecule has 1 atom stereocenters. The van der Waals surface area contributed by atoms with Crippen LogP contribution < -0.4 is 22.1 Å². The van der Waals surface area contributed by atoms with Crippen molar-refractivity contribution in [3.05, 3.63) is 35.9 Å². The first-order valence-electron chi connectivity index (χ1n) is 9.28. The van der Waals surface area contributed by atoms with Gasteiger partial charge in [0.2, 0.25) is 11.8 Å². The summed E-state index contributed by atoms with van der Waals surface area (Å²) in [4.78, 5) is 29.4. The topological polar surface area (TPSA) is 152 Å². The minimum absolute atomic E-state index is 0.0151. The predicted molar refractivity (Wildman–Crippen MR) is 105 cm³/mol. The highest BCUT2D eigenvalue weighted by molar-refractivity contribution is 6.16. The van der Waals surface area contributed by atoms with Gasteiger partial charge in [-0.3, -0.25) is 14.6 Å². The molecule has 9 nitrogen and oxygen atoms in total. The average molecular weight is 388 g/mol. The van der Waals surface area contributed by atoms with E-state index in [2.05, 4.69) is 15.6 Å². The molecule has 1 aromatic carbocycles. The van der Waals surface area contributed by atoms with Gasteiger partial charge >= 0.3 is 7.69 Å². The van der Waals surface area contributed by atoms with Gasteiger partial charge in [-0.25, -0.2) is 0 Å². The number of guanidine groups is 1. The summed E-state index contributed by atoms with van der Waals surface area (Å²) < 4.78 is 5.05. The van der Waals surface area contributed by atoms with Gasteiger partial charge < -0.3 is 31.8 Å². The fourth-order valence-corrected chi connectivity index (χ4v) is 3.05. The van der Waals surface area contributed by atoms with Crippen LogP contribution in [-0.4, -0.2) is 43.3 Å². The van der Waals surface area contributed by atoms with E-state index in [4.69, 9.17) is 21.1 Å². The number of hydrogen-bond acceptors (Lipinski definition) is 5. The quantitative estimate of drug-likeness (QED) is 0.0862. The number of nitrogens with two attached hydrogens (primary N) is 2. The van der Waals surface area contributed by atoms with Crippen molar-refractivity contribution in [2.24, 2.45) is 21.9 Å². The van der Waals surface area contributed by atoms with Gasteiger partial charge in [-0.15, -0.1) is 0 Å². The number of nitrogens with zero attached hydrogens (tertiary/aromatic N) is 1.